The molecule has 0 fully saturated rings. The number of hydrogen-bond donors (Lipinski definition) is 0. The summed E-state index contributed by atoms with van der Waals surface area (Å²) in [6, 6.07) is 14.2. The van der Waals surface area contributed by atoms with Crippen LogP contribution >= 0.6 is 0 Å². The lowest BCUT2D eigenvalue weighted by atomic mass is 10.1. The molecule has 1 atom stereocenters. The Morgan fingerprint density at radius 3 is 2.21 bits per heavy atom. The van der Waals surface area contributed by atoms with Crippen LogP contribution in [-0.4, -0.2) is 10.2 Å². The van der Waals surface area contributed by atoms with Crippen LogP contribution in [0.3, 0.4) is 0 Å². The number of ether oxygens (including phenoxy) is 1. The highest BCUT2D eigenvalue weighted by Crippen LogP contribution is 2.28. The van der Waals surface area contributed by atoms with Crippen LogP contribution in [-0.2, 0) is 0 Å². The Labute approximate surface area is 142 Å². The molecule has 0 radical (unpaired) electrons. The summed E-state index contributed by atoms with van der Waals surface area (Å²) in [5.41, 5.74) is 4.46. The number of aryl methyl sites for hydroxylation is 3. The Hall–Kier alpha value is -2.62. The fraction of sp³-hybridized carbons (Fsp3) is 0.300. The lowest BCUT2D eigenvalue weighted by Gasteiger charge is -2.15. The van der Waals surface area contributed by atoms with Crippen LogP contribution in [0.5, 0.6) is 5.75 Å². The highest BCUT2D eigenvalue weighted by atomic mass is 16.5. The predicted molar refractivity (Wildman–Crippen MR) is 94.0 cm³/mol. The third kappa shape index (κ3) is 3.65. The van der Waals surface area contributed by atoms with Crippen molar-refractivity contribution in [2.45, 2.75) is 40.2 Å². The van der Waals surface area contributed by atoms with Crippen LogP contribution < -0.4 is 4.74 Å². The molecule has 4 heteroatoms. The molecule has 1 heterocycles. The number of nitrogens with zero attached hydrogens (tertiary/aromatic N) is 2. The van der Waals surface area contributed by atoms with Crippen molar-refractivity contribution in [1.29, 1.82) is 0 Å². The average molecular weight is 322 g/mol. The second-order valence-corrected chi connectivity index (χ2v) is 6.15. The number of rotatable bonds is 5. The molecule has 0 aliphatic heterocycles. The van der Waals surface area contributed by atoms with Gasteiger partial charge in [0.1, 0.15) is 5.75 Å². The minimum atomic E-state index is -0.252. The van der Waals surface area contributed by atoms with Gasteiger partial charge in [-0.3, -0.25) is 0 Å². The van der Waals surface area contributed by atoms with Gasteiger partial charge in [-0.2, -0.15) is 0 Å². The Balaban J connectivity index is 1.82. The Kier molecular flexibility index (Phi) is 4.65. The zero-order valence-electron chi connectivity index (χ0n) is 14.5. The van der Waals surface area contributed by atoms with Gasteiger partial charge in [-0.25, -0.2) is 0 Å². The molecule has 4 nitrogen and oxygen atoms in total. The molecule has 0 amide bonds. The van der Waals surface area contributed by atoms with Gasteiger partial charge in [0.2, 0.25) is 5.89 Å². The van der Waals surface area contributed by atoms with E-state index in [2.05, 4.69) is 30.1 Å². The van der Waals surface area contributed by atoms with Crippen molar-refractivity contribution in [3.05, 3.63) is 65.0 Å². The van der Waals surface area contributed by atoms with E-state index in [9.17, 15) is 0 Å². The first-order chi connectivity index (χ1) is 11.5. The predicted octanol–water partition coefficient (Wildman–Crippen LogP) is 5.19. The fourth-order valence-corrected chi connectivity index (χ4v) is 2.65. The summed E-state index contributed by atoms with van der Waals surface area (Å²) in [4.78, 5) is 0. The zero-order chi connectivity index (χ0) is 17.1. The molecule has 0 spiro atoms. The lowest BCUT2D eigenvalue weighted by molar-refractivity contribution is 0.166. The molecule has 3 rings (SSSR count). The molecule has 24 heavy (non-hydrogen) atoms. The van der Waals surface area contributed by atoms with E-state index in [0.717, 1.165) is 17.7 Å². The summed E-state index contributed by atoms with van der Waals surface area (Å²) in [6.07, 6.45) is 0.501. The van der Waals surface area contributed by atoms with Crippen molar-refractivity contribution in [1.82, 2.24) is 10.2 Å². The standard InChI is InChI=1S/C20H22N2O2/c1-5-18(23-17-11-14(3)10-15(4)12-17)20-22-21-19(24-20)16-8-6-13(2)7-9-16/h6-12,18H,5H2,1-4H3. The van der Waals surface area contributed by atoms with Crippen LogP contribution in [0.25, 0.3) is 11.5 Å². The smallest absolute Gasteiger partial charge is 0.257 e. The van der Waals surface area contributed by atoms with Crippen molar-refractivity contribution in [3.8, 4) is 17.2 Å². The maximum atomic E-state index is 6.08. The minimum absolute atomic E-state index is 0.252. The molecule has 0 saturated carbocycles. The quantitative estimate of drug-likeness (QED) is 0.648. The van der Waals surface area contributed by atoms with E-state index in [1.54, 1.807) is 0 Å². The summed E-state index contributed by atoms with van der Waals surface area (Å²) in [5, 5.41) is 8.35. The molecule has 0 saturated heterocycles. The van der Waals surface area contributed by atoms with Gasteiger partial charge in [0.05, 0.1) is 0 Å². The first kappa shape index (κ1) is 16.2. The van der Waals surface area contributed by atoms with Crippen LogP contribution in [0.15, 0.2) is 46.9 Å². The summed E-state index contributed by atoms with van der Waals surface area (Å²) in [5.74, 6) is 1.86. The minimum Gasteiger partial charge on any atom is -0.481 e. The zero-order valence-corrected chi connectivity index (χ0v) is 14.5. The molecule has 0 N–H and O–H groups in total. The van der Waals surface area contributed by atoms with Gasteiger partial charge in [-0.05, 0) is 62.6 Å². The summed E-state index contributed by atoms with van der Waals surface area (Å²) >= 11 is 0. The van der Waals surface area contributed by atoms with Crippen LogP contribution in [0.1, 0.15) is 42.0 Å². The molecule has 3 aromatic rings. The molecule has 1 unspecified atom stereocenters. The maximum Gasteiger partial charge on any atom is 0.257 e. The highest BCUT2D eigenvalue weighted by Gasteiger charge is 2.19. The van der Waals surface area contributed by atoms with E-state index >= 15 is 0 Å². The lowest BCUT2D eigenvalue weighted by Crippen LogP contribution is -2.07. The van der Waals surface area contributed by atoms with Gasteiger partial charge >= 0.3 is 0 Å². The van der Waals surface area contributed by atoms with E-state index < -0.39 is 0 Å². The molecule has 0 bridgehead atoms. The second-order valence-electron chi connectivity index (χ2n) is 6.15. The highest BCUT2D eigenvalue weighted by molar-refractivity contribution is 5.52. The summed E-state index contributed by atoms with van der Waals surface area (Å²) < 4.78 is 11.9. The molecule has 0 aliphatic carbocycles. The second kappa shape index (κ2) is 6.87. The molecular weight excluding hydrogens is 300 g/mol. The van der Waals surface area contributed by atoms with Crippen molar-refractivity contribution in [2.24, 2.45) is 0 Å². The average Bonchev–Trinajstić information content (AvgIpc) is 3.02. The molecule has 0 aliphatic rings. The molecular formula is C20H22N2O2. The number of aromatic nitrogens is 2. The van der Waals surface area contributed by atoms with E-state index in [1.807, 2.05) is 50.2 Å². The van der Waals surface area contributed by atoms with Gasteiger partial charge in [0.15, 0.2) is 6.10 Å². The SMILES string of the molecule is CCC(Oc1cc(C)cc(C)c1)c1nnc(-c2ccc(C)cc2)o1. The first-order valence-corrected chi connectivity index (χ1v) is 8.20. The van der Waals surface area contributed by atoms with Crippen molar-refractivity contribution in [2.75, 3.05) is 0 Å². The number of hydrogen-bond acceptors (Lipinski definition) is 4. The third-order valence-corrected chi connectivity index (χ3v) is 3.86. The summed E-state index contributed by atoms with van der Waals surface area (Å²) in [7, 11) is 0. The molecule has 2 aromatic carbocycles. The van der Waals surface area contributed by atoms with Gasteiger partial charge in [-0.1, -0.05) is 30.7 Å². The van der Waals surface area contributed by atoms with Gasteiger partial charge in [0.25, 0.3) is 5.89 Å². The number of benzene rings is 2. The normalized spacial score (nSPS) is 12.2. The maximum absolute atomic E-state index is 6.08. The van der Waals surface area contributed by atoms with Crippen LogP contribution in [0.4, 0.5) is 0 Å². The van der Waals surface area contributed by atoms with Crippen molar-refractivity contribution < 1.29 is 9.15 Å². The largest absolute Gasteiger partial charge is 0.481 e. The summed E-state index contributed by atoms with van der Waals surface area (Å²) in [6.45, 7) is 8.21. The topological polar surface area (TPSA) is 48.2 Å². The van der Waals surface area contributed by atoms with E-state index in [1.165, 1.54) is 16.7 Å². The van der Waals surface area contributed by atoms with E-state index in [0.29, 0.717) is 11.8 Å². The van der Waals surface area contributed by atoms with E-state index in [-0.39, 0.29) is 6.10 Å². The molecule has 1 aromatic heterocycles. The van der Waals surface area contributed by atoms with Gasteiger partial charge in [-0.15, -0.1) is 10.2 Å². The Morgan fingerprint density at radius 2 is 1.58 bits per heavy atom. The monoisotopic (exact) mass is 322 g/mol. The Morgan fingerprint density at radius 1 is 0.917 bits per heavy atom. The fourth-order valence-electron chi connectivity index (χ4n) is 2.65. The first-order valence-electron chi connectivity index (χ1n) is 8.20. The molecule has 124 valence electrons. The van der Waals surface area contributed by atoms with E-state index in [4.69, 9.17) is 9.15 Å². The van der Waals surface area contributed by atoms with Crippen molar-refractivity contribution >= 4 is 0 Å². The Bertz CT molecular complexity index is 802. The van der Waals surface area contributed by atoms with Gasteiger partial charge in [0, 0.05) is 5.56 Å². The van der Waals surface area contributed by atoms with Crippen molar-refractivity contribution in [3.63, 3.8) is 0 Å². The van der Waals surface area contributed by atoms with Crippen LogP contribution in [0.2, 0.25) is 0 Å². The third-order valence-electron chi connectivity index (χ3n) is 3.86. The van der Waals surface area contributed by atoms with Gasteiger partial charge < -0.3 is 9.15 Å². The van der Waals surface area contributed by atoms with Crippen LogP contribution in [0, 0.1) is 20.8 Å².